The predicted molar refractivity (Wildman–Crippen MR) is 65.5 cm³/mol. The van der Waals surface area contributed by atoms with Crippen LogP contribution < -0.4 is 4.90 Å². The zero-order valence-corrected chi connectivity index (χ0v) is 10.6. The van der Waals surface area contributed by atoms with Crippen LogP contribution in [0.1, 0.15) is 5.56 Å². The Kier molecular flexibility index (Phi) is 3.80. The third-order valence-electron chi connectivity index (χ3n) is 2.88. The Morgan fingerprint density at radius 3 is 1.95 bits per heavy atom. The van der Waals surface area contributed by atoms with Crippen molar-refractivity contribution in [1.29, 1.82) is 5.26 Å². The summed E-state index contributed by atoms with van der Waals surface area (Å²) in [6.07, 6.45) is 0. The highest BCUT2D eigenvalue weighted by Crippen LogP contribution is 2.33. The maximum Gasteiger partial charge on any atom is 0.200 e. The fourth-order valence-electron chi connectivity index (χ4n) is 1.80. The Hall–Kier alpha value is -2.62. The largest absolute Gasteiger partial charge is 0.340 e. The minimum Gasteiger partial charge on any atom is -0.340 e. The molecule has 0 heterocycles. The molecule has 2 aromatic carbocycles. The maximum atomic E-state index is 13.7. The molecule has 0 radical (unpaired) electrons. The Morgan fingerprint density at radius 1 is 0.905 bits per heavy atom. The molecule has 0 bridgehead atoms. The number of anilines is 2. The molecule has 0 aliphatic carbocycles. The molecule has 0 amide bonds. The molecule has 2 nitrogen and oxygen atoms in total. The van der Waals surface area contributed by atoms with Crippen LogP contribution in [-0.4, -0.2) is 7.05 Å². The normalized spacial score (nSPS) is 10.3. The molecule has 7 heteroatoms. The molecule has 0 atom stereocenters. The van der Waals surface area contributed by atoms with Crippen LogP contribution in [0.4, 0.5) is 33.3 Å². The third-order valence-corrected chi connectivity index (χ3v) is 2.88. The number of benzene rings is 2. The van der Waals surface area contributed by atoms with Gasteiger partial charge in [-0.15, -0.1) is 0 Å². The summed E-state index contributed by atoms with van der Waals surface area (Å²) in [6, 6.07) is 7.32. The molecule has 0 aromatic heterocycles. The van der Waals surface area contributed by atoms with Crippen LogP contribution in [0.25, 0.3) is 0 Å². The molecule has 2 rings (SSSR count). The molecule has 2 aromatic rings. The monoisotopic (exact) mass is 298 g/mol. The van der Waals surface area contributed by atoms with Crippen molar-refractivity contribution in [3.63, 3.8) is 0 Å². The second kappa shape index (κ2) is 5.40. The molecular weight excluding hydrogens is 291 g/mol. The van der Waals surface area contributed by atoms with Gasteiger partial charge in [-0.2, -0.15) is 5.26 Å². The zero-order chi connectivity index (χ0) is 15.7. The van der Waals surface area contributed by atoms with Crippen molar-refractivity contribution in [3.05, 3.63) is 58.9 Å². The lowest BCUT2D eigenvalue weighted by atomic mass is 10.1. The quantitative estimate of drug-likeness (QED) is 0.475. The minimum atomic E-state index is -2.21. The van der Waals surface area contributed by atoms with Gasteiger partial charge < -0.3 is 4.90 Å². The minimum absolute atomic E-state index is 0.109. The van der Waals surface area contributed by atoms with Crippen molar-refractivity contribution in [2.24, 2.45) is 0 Å². The highest BCUT2D eigenvalue weighted by molar-refractivity contribution is 5.65. The molecule has 21 heavy (non-hydrogen) atoms. The van der Waals surface area contributed by atoms with Gasteiger partial charge in [0, 0.05) is 12.7 Å². The van der Waals surface area contributed by atoms with Crippen LogP contribution in [0.3, 0.4) is 0 Å². The molecule has 0 saturated carbocycles. The Morgan fingerprint density at radius 2 is 1.43 bits per heavy atom. The topological polar surface area (TPSA) is 27.0 Å². The van der Waals surface area contributed by atoms with Gasteiger partial charge in [-0.25, -0.2) is 22.0 Å². The van der Waals surface area contributed by atoms with E-state index in [1.165, 1.54) is 24.3 Å². The van der Waals surface area contributed by atoms with Gasteiger partial charge in [0.1, 0.15) is 5.69 Å². The van der Waals surface area contributed by atoms with Crippen LogP contribution in [0.15, 0.2) is 24.3 Å². The standard InChI is InChI=1S/C14H7F5N2/c1-21(8-4-2-3-7(5-8)6-20)14-12(18)10(16)9(15)11(17)13(14)19/h2-5H,1H3. The smallest absolute Gasteiger partial charge is 0.200 e. The van der Waals surface area contributed by atoms with Gasteiger partial charge in [-0.05, 0) is 18.2 Å². The lowest BCUT2D eigenvalue weighted by molar-refractivity contribution is 0.380. The summed E-state index contributed by atoms with van der Waals surface area (Å²) >= 11 is 0. The molecule has 0 N–H and O–H groups in total. The van der Waals surface area contributed by atoms with Crippen molar-refractivity contribution in [1.82, 2.24) is 0 Å². The Labute approximate surface area is 116 Å². The van der Waals surface area contributed by atoms with Crippen molar-refractivity contribution in [2.75, 3.05) is 11.9 Å². The molecule has 0 unspecified atom stereocenters. The Bertz CT molecular complexity index is 723. The first-order valence-corrected chi connectivity index (χ1v) is 5.63. The number of nitriles is 1. The lowest BCUT2D eigenvalue weighted by Crippen LogP contribution is -2.17. The number of hydrogen-bond acceptors (Lipinski definition) is 2. The van der Waals surface area contributed by atoms with Crippen LogP contribution in [-0.2, 0) is 0 Å². The molecule has 0 saturated heterocycles. The van der Waals surface area contributed by atoms with Gasteiger partial charge in [0.2, 0.25) is 5.82 Å². The summed E-state index contributed by atoms with van der Waals surface area (Å²) in [5.74, 6) is -10.1. The van der Waals surface area contributed by atoms with E-state index in [4.69, 9.17) is 5.26 Å². The molecule has 0 fully saturated rings. The van der Waals surface area contributed by atoms with Crippen LogP contribution in [0.5, 0.6) is 0 Å². The SMILES string of the molecule is CN(c1cccc(C#N)c1)c1c(F)c(F)c(F)c(F)c1F. The van der Waals surface area contributed by atoms with E-state index in [9.17, 15) is 22.0 Å². The second-order valence-corrected chi connectivity index (χ2v) is 4.14. The van der Waals surface area contributed by atoms with E-state index in [1.807, 2.05) is 6.07 Å². The van der Waals surface area contributed by atoms with Gasteiger partial charge in [0.15, 0.2) is 23.3 Å². The summed E-state index contributed by atoms with van der Waals surface area (Å²) in [7, 11) is 1.13. The maximum absolute atomic E-state index is 13.7. The summed E-state index contributed by atoms with van der Waals surface area (Å²) in [5.41, 5.74) is -0.790. The van der Waals surface area contributed by atoms with Crippen molar-refractivity contribution in [3.8, 4) is 6.07 Å². The van der Waals surface area contributed by atoms with Gasteiger partial charge in [-0.1, -0.05) is 6.07 Å². The van der Waals surface area contributed by atoms with Crippen molar-refractivity contribution in [2.45, 2.75) is 0 Å². The fraction of sp³-hybridized carbons (Fsp3) is 0.0714. The summed E-state index contributed by atoms with van der Waals surface area (Å²) in [6.45, 7) is 0. The molecule has 108 valence electrons. The fourth-order valence-corrected chi connectivity index (χ4v) is 1.80. The highest BCUT2D eigenvalue weighted by atomic mass is 19.2. The van der Waals surface area contributed by atoms with Crippen LogP contribution >= 0.6 is 0 Å². The third kappa shape index (κ3) is 2.40. The Balaban J connectivity index is 2.64. The summed E-state index contributed by atoms with van der Waals surface area (Å²) in [4.78, 5) is 0.789. The molecular formula is C14H7F5N2. The first-order valence-electron chi connectivity index (χ1n) is 5.63. The summed E-state index contributed by atoms with van der Waals surface area (Å²) in [5, 5.41) is 8.76. The van der Waals surface area contributed by atoms with E-state index in [0.717, 1.165) is 11.9 Å². The lowest BCUT2D eigenvalue weighted by Gasteiger charge is -2.21. The number of hydrogen-bond donors (Lipinski definition) is 0. The van der Waals surface area contributed by atoms with Gasteiger partial charge >= 0.3 is 0 Å². The second-order valence-electron chi connectivity index (χ2n) is 4.14. The van der Waals surface area contributed by atoms with Crippen LogP contribution in [0.2, 0.25) is 0 Å². The first kappa shape index (κ1) is 14.8. The molecule has 0 spiro atoms. The van der Waals surface area contributed by atoms with Crippen molar-refractivity contribution >= 4 is 11.4 Å². The van der Waals surface area contributed by atoms with Gasteiger partial charge in [0.05, 0.1) is 11.6 Å². The van der Waals surface area contributed by atoms with E-state index in [-0.39, 0.29) is 11.3 Å². The summed E-state index contributed by atoms with van der Waals surface area (Å²) < 4.78 is 66.7. The zero-order valence-electron chi connectivity index (χ0n) is 10.6. The number of nitrogens with zero attached hydrogens (tertiary/aromatic N) is 2. The first-order chi connectivity index (χ1) is 9.88. The van der Waals surface area contributed by atoms with E-state index in [1.54, 1.807) is 0 Å². The number of rotatable bonds is 2. The van der Waals surface area contributed by atoms with E-state index in [0.29, 0.717) is 0 Å². The average Bonchev–Trinajstić information content (AvgIpc) is 2.51. The highest BCUT2D eigenvalue weighted by Gasteiger charge is 2.28. The predicted octanol–water partition coefficient (Wildman–Crippen LogP) is 4.02. The van der Waals surface area contributed by atoms with E-state index in [2.05, 4.69) is 0 Å². The van der Waals surface area contributed by atoms with Gasteiger partial charge in [-0.3, -0.25) is 0 Å². The average molecular weight is 298 g/mol. The molecule has 0 aliphatic rings. The van der Waals surface area contributed by atoms with E-state index < -0.39 is 34.8 Å². The van der Waals surface area contributed by atoms with Gasteiger partial charge in [0.25, 0.3) is 0 Å². The molecule has 0 aliphatic heterocycles. The van der Waals surface area contributed by atoms with Crippen molar-refractivity contribution < 1.29 is 22.0 Å². The van der Waals surface area contributed by atoms with Crippen LogP contribution in [0, 0.1) is 40.4 Å². The number of halogens is 5. The van der Waals surface area contributed by atoms with E-state index >= 15 is 0 Å².